The minimum absolute atomic E-state index is 0.0781. The Morgan fingerprint density at radius 2 is 2.43 bits per heavy atom. The number of fused-ring (bicyclic) bond motifs is 1. The van der Waals surface area contributed by atoms with Crippen molar-refractivity contribution in [3.05, 3.63) is 17.0 Å². The monoisotopic (exact) mass is 198 g/mol. The van der Waals surface area contributed by atoms with Gasteiger partial charge >= 0.3 is 5.97 Å². The molecule has 0 saturated carbocycles. The molecular formula is C9H11FN2O2. The Bertz CT molecular complexity index is 386. The molecule has 0 amide bonds. The highest BCUT2D eigenvalue weighted by atomic mass is 19.1. The lowest BCUT2D eigenvalue weighted by Crippen LogP contribution is -2.17. The molecule has 1 aromatic rings. The largest absolute Gasteiger partial charge is 0.476 e. The zero-order chi connectivity index (χ0) is 10.3. The van der Waals surface area contributed by atoms with Crippen LogP contribution in [0.4, 0.5) is 4.39 Å². The predicted molar refractivity (Wildman–Crippen MR) is 47.1 cm³/mol. The standard InChI is InChI=1S/C9H11FN2O2/c1-12-7-4-5(10)2-3-6(7)8(11-12)9(13)14/h5H,2-4H2,1H3,(H,13,14). The zero-order valence-electron chi connectivity index (χ0n) is 7.83. The molecule has 76 valence electrons. The van der Waals surface area contributed by atoms with Crippen LogP contribution in [0.5, 0.6) is 0 Å². The average molecular weight is 198 g/mol. The van der Waals surface area contributed by atoms with Gasteiger partial charge in [0.2, 0.25) is 0 Å². The number of aromatic nitrogens is 2. The summed E-state index contributed by atoms with van der Waals surface area (Å²) >= 11 is 0. The van der Waals surface area contributed by atoms with Crippen LogP contribution < -0.4 is 0 Å². The molecule has 0 radical (unpaired) electrons. The van der Waals surface area contributed by atoms with E-state index in [9.17, 15) is 9.18 Å². The van der Waals surface area contributed by atoms with Gasteiger partial charge in [-0.1, -0.05) is 0 Å². The first-order valence-electron chi connectivity index (χ1n) is 4.51. The van der Waals surface area contributed by atoms with Gasteiger partial charge in [-0.05, 0) is 12.8 Å². The van der Waals surface area contributed by atoms with Gasteiger partial charge in [0.1, 0.15) is 6.17 Å². The highest BCUT2D eigenvalue weighted by Crippen LogP contribution is 2.25. The second-order valence-corrected chi connectivity index (χ2v) is 3.54. The number of rotatable bonds is 1. The summed E-state index contributed by atoms with van der Waals surface area (Å²) in [6, 6.07) is 0. The number of carboxylic acid groups (broad SMARTS) is 1. The number of nitrogens with zero attached hydrogens (tertiary/aromatic N) is 2. The van der Waals surface area contributed by atoms with E-state index < -0.39 is 12.1 Å². The molecule has 1 N–H and O–H groups in total. The quantitative estimate of drug-likeness (QED) is 0.730. The summed E-state index contributed by atoms with van der Waals surface area (Å²) in [6.07, 6.45) is 0.302. The number of carboxylic acids is 1. The lowest BCUT2D eigenvalue weighted by atomic mass is 9.94. The number of carbonyl (C=O) groups is 1. The number of alkyl halides is 1. The van der Waals surface area contributed by atoms with Gasteiger partial charge < -0.3 is 5.11 Å². The summed E-state index contributed by atoms with van der Waals surface area (Å²) in [5, 5.41) is 12.7. The number of hydrogen-bond donors (Lipinski definition) is 1. The van der Waals surface area contributed by atoms with E-state index >= 15 is 0 Å². The molecule has 1 aromatic heterocycles. The summed E-state index contributed by atoms with van der Waals surface area (Å²) in [5.41, 5.74) is 1.50. The zero-order valence-corrected chi connectivity index (χ0v) is 7.83. The van der Waals surface area contributed by atoms with Gasteiger partial charge in [0, 0.05) is 24.7 Å². The third kappa shape index (κ3) is 1.29. The van der Waals surface area contributed by atoms with Crippen molar-refractivity contribution in [2.75, 3.05) is 0 Å². The summed E-state index contributed by atoms with van der Waals surface area (Å²) in [4.78, 5) is 10.8. The predicted octanol–water partition coefficient (Wildman–Crippen LogP) is 0.945. The molecule has 1 unspecified atom stereocenters. The Labute approximate surface area is 80.3 Å². The molecule has 0 aliphatic heterocycles. The third-order valence-corrected chi connectivity index (χ3v) is 2.60. The van der Waals surface area contributed by atoms with Crippen LogP contribution >= 0.6 is 0 Å². The Kier molecular flexibility index (Phi) is 2.02. The van der Waals surface area contributed by atoms with Crippen LogP contribution in [0, 0.1) is 0 Å². The van der Waals surface area contributed by atoms with Crippen molar-refractivity contribution in [2.45, 2.75) is 25.4 Å². The molecule has 0 fully saturated rings. The van der Waals surface area contributed by atoms with E-state index in [1.165, 1.54) is 4.68 Å². The van der Waals surface area contributed by atoms with Gasteiger partial charge in [-0.3, -0.25) is 4.68 Å². The van der Waals surface area contributed by atoms with Crippen molar-refractivity contribution in [1.82, 2.24) is 9.78 Å². The van der Waals surface area contributed by atoms with Crippen molar-refractivity contribution >= 4 is 5.97 Å². The summed E-state index contributed by atoms with van der Waals surface area (Å²) in [7, 11) is 1.66. The summed E-state index contributed by atoms with van der Waals surface area (Å²) in [6.45, 7) is 0. The molecular weight excluding hydrogens is 187 g/mol. The topological polar surface area (TPSA) is 55.1 Å². The average Bonchev–Trinajstić information content (AvgIpc) is 2.44. The molecule has 1 heterocycles. The van der Waals surface area contributed by atoms with E-state index in [0.717, 1.165) is 5.69 Å². The van der Waals surface area contributed by atoms with E-state index in [0.29, 0.717) is 18.4 Å². The smallest absolute Gasteiger partial charge is 0.356 e. The first-order valence-corrected chi connectivity index (χ1v) is 4.51. The maximum Gasteiger partial charge on any atom is 0.356 e. The van der Waals surface area contributed by atoms with E-state index in [4.69, 9.17) is 5.11 Å². The molecule has 2 rings (SSSR count). The summed E-state index contributed by atoms with van der Waals surface area (Å²) < 4.78 is 14.5. The van der Waals surface area contributed by atoms with Gasteiger partial charge in [0.25, 0.3) is 0 Å². The van der Waals surface area contributed by atoms with Crippen molar-refractivity contribution < 1.29 is 14.3 Å². The lowest BCUT2D eigenvalue weighted by molar-refractivity contribution is 0.0688. The molecule has 1 atom stereocenters. The van der Waals surface area contributed by atoms with Crippen LogP contribution in [0.3, 0.4) is 0 Å². The Morgan fingerprint density at radius 3 is 3.07 bits per heavy atom. The maximum atomic E-state index is 13.1. The molecule has 14 heavy (non-hydrogen) atoms. The molecule has 0 spiro atoms. The SMILES string of the molecule is Cn1nc(C(=O)O)c2c1CC(F)CC2. The minimum Gasteiger partial charge on any atom is -0.476 e. The van der Waals surface area contributed by atoms with Gasteiger partial charge in [-0.25, -0.2) is 9.18 Å². The first-order chi connectivity index (χ1) is 6.59. The van der Waals surface area contributed by atoms with E-state index in [2.05, 4.69) is 5.10 Å². The molecule has 0 saturated heterocycles. The molecule has 4 nitrogen and oxygen atoms in total. The first kappa shape index (κ1) is 9.18. The van der Waals surface area contributed by atoms with Crippen LogP contribution in [-0.4, -0.2) is 27.0 Å². The van der Waals surface area contributed by atoms with Crippen LogP contribution in [0.2, 0.25) is 0 Å². The van der Waals surface area contributed by atoms with Crippen LogP contribution in [-0.2, 0) is 19.9 Å². The Hall–Kier alpha value is -1.39. The number of aromatic carboxylic acids is 1. The number of hydrogen-bond acceptors (Lipinski definition) is 2. The minimum atomic E-state index is -1.03. The van der Waals surface area contributed by atoms with Crippen molar-refractivity contribution in [1.29, 1.82) is 0 Å². The third-order valence-electron chi connectivity index (χ3n) is 2.60. The van der Waals surface area contributed by atoms with E-state index in [-0.39, 0.29) is 12.1 Å². The maximum absolute atomic E-state index is 13.1. The fraction of sp³-hybridized carbons (Fsp3) is 0.556. The van der Waals surface area contributed by atoms with Crippen molar-refractivity contribution in [2.24, 2.45) is 7.05 Å². The molecule has 0 bridgehead atoms. The Balaban J connectivity index is 2.49. The van der Waals surface area contributed by atoms with Gasteiger partial charge in [-0.15, -0.1) is 0 Å². The Morgan fingerprint density at radius 1 is 1.71 bits per heavy atom. The lowest BCUT2D eigenvalue weighted by Gasteiger charge is -2.15. The highest BCUT2D eigenvalue weighted by molar-refractivity contribution is 5.87. The van der Waals surface area contributed by atoms with Gasteiger partial charge in [0.15, 0.2) is 5.69 Å². The number of aryl methyl sites for hydroxylation is 1. The van der Waals surface area contributed by atoms with Gasteiger partial charge in [0.05, 0.1) is 0 Å². The molecule has 5 heteroatoms. The molecule has 0 aromatic carbocycles. The molecule has 1 aliphatic carbocycles. The van der Waals surface area contributed by atoms with Crippen LogP contribution in [0.25, 0.3) is 0 Å². The fourth-order valence-electron chi connectivity index (χ4n) is 1.91. The normalized spacial score (nSPS) is 20.6. The van der Waals surface area contributed by atoms with Gasteiger partial charge in [-0.2, -0.15) is 5.10 Å². The molecule has 1 aliphatic rings. The number of halogens is 1. The highest BCUT2D eigenvalue weighted by Gasteiger charge is 2.27. The summed E-state index contributed by atoms with van der Waals surface area (Å²) in [5.74, 6) is -1.03. The van der Waals surface area contributed by atoms with E-state index in [1.54, 1.807) is 7.05 Å². The second-order valence-electron chi connectivity index (χ2n) is 3.54. The van der Waals surface area contributed by atoms with Crippen molar-refractivity contribution in [3.63, 3.8) is 0 Å². The van der Waals surface area contributed by atoms with Crippen LogP contribution in [0.1, 0.15) is 28.2 Å². The second kappa shape index (κ2) is 3.08. The van der Waals surface area contributed by atoms with Crippen molar-refractivity contribution in [3.8, 4) is 0 Å². The van der Waals surface area contributed by atoms with E-state index in [1.807, 2.05) is 0 Å². The fourth-order valence-corrected chi connectivity index (χ4v) is 1.91. The van der Waals surface area contributed by atoms with Crippen LogP contribution in [0.15, 0.2) is 0 Å².